The molecular formula is C22H21F3N2O3S. The maximum absolute atomic E-state index is 12.9. The van der Waals surface area contributed by atoms with Crippen LogP contribution >= 0.6 is 11.3 Å². The van der Waals surface area contributed by atoms with Gasteiger partial charge in [-0.3, -0.25) is 4.79 Å². The number of benzene rings is 2. The van der Waals surface area contributed by atoms with E-state index in [2.05, 4.69) is 10.3 Å². The zero-order valence-corrected chi connectivity index (χ0v) is 17.9. The largest absolute Gasteiger partial charge is 0.493 e. The van der Waals surface area contributed by atoms with Crippen LogP contribution in [0.3, 0.4) is 0 Å². The van der Waals surface area contributed by atoms with E-state index < -0.39 is 11.7 Å². The van der Waals surface area contributed by atoms with Gasteiger partial charge in [-0.25, -0.2) is 4.98 Å². The van der Waals surface area contributed by atoms with Crippen LogP contribution in [0.1, 0.15) is 35.5 Å². The lowest BCUT2D eigenvalue weighted by atomic mass is 10.1. The number of thiazole rings is 1. The van der Waals surface area contributed by atoms with Crippen molar-refractivity contribution in [2.45, 2.75) is 32.7 Å². The number of ether oxygens (including phenoxy) is 2. The molecule has 1 heterocycles. The maximum Gasteiger partial charge on any atom is 0.416 e. The zero-order chi connectivity index (χ0) is 22.6. The van der Waals surface area contributed by atoms with E-state index in [4.69, 9.17) is 9.47 Å². The third-order valence-corrected chi connectivity index (χ3v) is 5.11. The van der Waals surface area contributed by atoms with Gasteiger partial charge in [0.15, 0.2) is 11.5 Å². The Morgan fingerprint density at radius 1 is 1.16 bits per heavy atom. The van der Waals surface area contributed by atoms with Crippen LogP contribution in [0, 0.1) is 0 Å². The van der Waals surface area contributed by atoms with Gasteiger partial charge in [-0.1, -0.05) is 12.1 Å². The van der Waals surface area contributed by atoms with E-state index in [1.165, 1.54) is 24.5 Å². The van der Waals surface area contributed by atoms with Crippen LogP contribution in [0.2, 0.25) is 0 Å². The average Bonchev–Trinajstić information content (AvgIpc) is 3.22. The summed E-state index contributed by atoms with van der Waals surface area (Å²) < 4.78 is 49.7. The molecule has 0 aliphatic rings. The smallest absolute Gasteiger partial charge is 0.416 e. The minimum absolute atomic E-state index is 0.00556. The second-order valence-electron chi connectivity index (χ2n) is 7.02. The van der Waals surface area contributed by atoms with E-state index in [-0.39, 0.29) is 18.6 Å². The molecule has 164 valence electrons. The Morgan fingerprint density at radius 3 is 2.61 bits per heavy atom. The minimum atomic E-state index is -4.41. The van der Waals surface area contributed by atoms with Gasteiger partial charge in [0.2, 0.25) is 0 Å². The van der Waals surface area contributed by atoms with E-state index in [1.807, 2.05) is 13.8 Å². The predicted octanol–water partition coefficient (Wildman–Crippen LogP) is 5.55. The average molecular weight is 450 g/mol. The fourth-order valence-corrected chi connectivity index (χ4v) is 3.56. The molecule has 0 aliphatic carbocycles. The number of alkyl halides is 3. The molecule has 0 radical (unpaired) electrons. The SMILES string of the molecule is COc1cc(-c2nc(C(=O)NC(C)C)cs2)ccc1OCc1cccc(C(F)(F)F)c1. The van der Waals surface area contributed by atoms with E-state index in [0.29, 0.717) is 27.8 Å². The number of amides is 1. The number of rotatable bonds is 7. The molecule has 0 aliphatic heterocycles. The molecule has 0 saturated carbocycles. The van der Waals surface area contributed by atoms with Gasteiger partial charge in [0.1, 0.15) is 17.3 Å². The van der Waals surface area contributed by atoms with Gasteiger partial charge in [-0.05, 0) is 49.7 Å². The molecule has 2 aromatic carbocycles. The van der Waals surface area contributed by atoms with Crippen LogP contribution in [-0.4, -0.2) is 24.0 Å². The van der Waals surface area contributed by atoms with Gasteiger partial charge in [0, 0.05) is 17.0 Å². The molecule has 0 saturated heterocycles. The molecule has 5 nitrogen and oxygen atoms in total. The first kappa shape index (κ1) is 22.6. The molecular weight excluding hydrogens is 429 g/mol. The van der Waals surface area contributed by atoms with Crippen molar-refractivity contribution in [2.24, 2.45) is 0 Å². The second-order valence-corrected chi connectivity index (χ2v) is 7.88. The van der Waals surface area contributed by atoms with Crippen molar-refractivity contribution < 1.29 is 27.4 Å². The summed E-state index contributed by atoms with van der Waals surface area (Å²) >= 11 is 1.32. The minimum Gasteiger partial charge on any atom is -0.493 e. The van der Waals surface area contributed by atoms with Gasteiger partial charge < -0.3 is 14.8 Å². The fourth-order valence-electron chi connectivity index (χ4n) is 2.77. The standard InChI is InChI=1S/C22H21F3N2O3S/c1-13(2)26-20(28)17-12-31-21(27-17)15-7-8-18(19(10-15)29-3)30-11-14-5-4-6-16(9-14)22(23,24)25/h4-10,12-13H,11H2,1-3H3,(H,26,28). The summed E-state index contributed by atoms with van der Waals surface area (Å²) in [7, 11) is 1.47. The van der Waals surface area contributed by atoms with Crippen molar-refractivity contribution in [1.82, 2.24) is 10.3 Å². The third kappa shape index (κ3) is 5.75. The molecule has 3 rings (SSSR count). The molecule has 3 aromatic rings. The van der Waals surface area contributed by atoms with Crippen molar-refractivity contribution in [3.63, 3.8) is 0 Å². The first-order chi connectivity index (χ1) is 14.7. The lowest BCUT2D eigenvalue weighted by Crippen LogP contribution is -2.30. The van der Waals surface area contributed by atoms with Crippen LogP contribution in [0.15, 0.2) is 47.8 Å². The Kier molecular flexibility index (Phi) is 6.84. The van der Waals surface area contributed by atoms with E-state index in [0.717, 1.165) is 17.7 Å². The molecule has 0 atom stereocenters. The number of methoxy groups -OCH3 is 1. The van der Waals surface area contributed by atoms with Crippen molar-refractivity contribution in [2.75, 3.05) is 7.11 Å². The highest BCUT2D eigenvalue weighted by Crippen LogP contribution is 2.35. The highest BCUT2D eigenvalue weighted by Gasteiger charge is 2.30. The zero-order valence-electron chi connectivity index (χ0n) is 17.1. The summed E-state index contributed by atoms with van der Waals surface area (Å²) in [4.78, 5) is 16.5. The summed E-state index contributed by atoms with van der Waals surface area (Å²) in [5, 5.41) is 5.11. The van der Waals surface area contributed by atoms with Crippen LogP contribution < -0.4 is 14.8 Å². The van der Waals surface area contributed by atoms with Gasteiger partial charge in [-0.2, -0.15) is 13.2 Å². The Morgan fingerprint density at radius 2 is 1.94 bits per heavy atom. The number of halogens is 3. The number of aromatic nitrogens is 1. The molecule has 31 heavy (non-hydrogen) atoms. The van der Waals surface area contributed by atoms with Crippen molar-refractivity contribution >= 4 is 17.2 Å². The van der Waals surface area contributed by atoms with E-state index in [1.54, 1.807) is 29.6 Å². The van der Waals surface area contributed by atoms with Crippen LogP contribution in [-0.2, 0) is 12.8 Å². The molecule has 9 heteroatoms. The predicted molar refractivity (Wildman–Crippen MR) is 112 cm³/mol. The molecule has 0 spiro atoms. The van der Waals surface area contributed by atoms with Gasteiger partial charge >= 0.3 is 6.18 Å². The summed E-state index contributed by atoms with van der Waals surface area (Å²) in [5.74, 6) is 0.552. The highest BCUT2D eigenvalue weighted by molar-refractivity contribution is 7.13. The number of hydrogen-bond acceptors (Lipinski definition) is 5. The highest BCUT2D eigenvalue weighted by atomic mass is 32.1. The maximum atomic E-state index is 12.9. The number of hydrogen-bond donors (Lipinski definition) is 1. The van der Waals surface area contributed by atoms with Crippen molar-refractivity contribution in [3.8, 4) is 22.1 Å². The number of nitrogens with zero attached hydrogens (tertiary/aromatic N) is 1. The topological polar surface area (TPSA) is 60.5 Å². The fraction of sp³-hybridized carbons (Fsp3) is 0.273. The normalized spacial score (nSPS) is 11.5. The quantitative estimate of drug-likeness (QED) is 0.512. The molecule has 1 aromatic heterocycles. The summed E-state index contributed by atoms with van der Waals surface area (Å²) in [6.45, 7) is 3.69. The first-order valence-electron chi connectivity index (χ1n) is 9.41. The third-order valence-electron chi connectivity index (χ3n) is 4.22. The van der Waals surface area contributed by atoms with E-state index >= 15 is 0 Å². The number of carbonyl (C=O) groups is 1. The lowest BCUT2D eigenvalue weighted by molar-refractivity contribution is -0.137. The van der Waals surface area contributed by atoms with Gasteiger partial charge in [0.05, 0.1) is 12.7 Å². The van der Waals surface area contributed by atoms with Crippen LogP contribution in [0.4, 0.5) is 13.2 Å². The number of carbonyl (C=O) groups excluding carboxylic acids is 1. The molecule has 0 unspecified atom stereocenters. The van der Waals surface area contributed by atoms with Crippen LogP contribution in [0.25, 0.3) is 10.6 Å². The Hall–Kier alpha value is -3.07. The molecule has 0 bridgehead atoms. The Bertz CT molecular complexity index is 1060. The first-order valence-corrected chi connectivity index (χ1v) is 10.3. The summed E-state index contributed by atoms with van der Waals surface area (Å²) in [6.07, 6.45) is -4.41. The Labute approximate surface area is 181 Å². The Balaban J connectivity index is 1.75. The van der Waals surface area contributed by atoms with Gasteiger partial charge in [0.25, 0.3) is 5.91 Å². The van der Waals surface area contributed by atoms with Crippen molar-refractivity contribution in [3.05, 3.63) is 64.7 Å². The molecule has 1 N–H and O–H groups in total. The summed E-state index contributed by atoms with van der Waals surface area (Å²) in [5.41, 5.74) is 0.730. The molecule has 0 fully saturated rings. The summed E-state index contributed by atoms with van der Waals surface area (Å²) in [6, 6.07) is 10.1. The molecule has 1 amide bonds. The van der Waals surface area contributed by atoms with Gasteiger partial charge in [-0.15, -0.1) is 11.3 Å². The number of nitrogens with one attached hydrogen (secondary N) is 1. The van der Waals surface area contributed by atoms with E-state index in [9.17, 15) is 18.0 Å². The van der Waals surface area contributed by atoms with Crippen LogP contribution in [0.5, 0.6) is 11.5 Å². The lowest BCUT2D eigenvalue weighted by Gasteiger charge is -2.13. The van der Waals surface area contributed by atoms with Crippen molar-refractivity contribution in [1.29, 1.82) is 0 Å². The second kappa shape index (κ2) is 9.38. The monoisotopic (exact) mass is 450 g/mol.